The highest BCUT2D eigenvalue weighted by molar-refractivity contribution is 5.93. The molecule has 104 valence electrons. The molecule has 1 aliphatic heterocycles. The molecule has 0 spiro atoms. The molecule has 6 heteroatoms. The number of carboxylic acid groups (broad SMARTS) is 1. The van der Waals surface area contributed by atoms with Crippen molar-refractivity contribution in [3.8, 4) is 0 Å². The Bertz CT molecular complexity index is 475. The van der Waals surface area contributed by atoms with Gasteiger partial charge in [0.1, 0.15) is 5.69 Å². The van der Waals surface area contributed by atoms with E-state index < -0.39 is 11.5 Å². The van der Waals surface area contributed by atoms with Crippen molar-refractivity contribution in [1.82, 2.24) is 9.88 Å². The van der Waals surface area contributed by atoms with E-state index in [0.717, 1.165) is 0 Å². The Balaban J connectivity index is 2.14. The van der Waals surface area contributed by atoms with Gasteiger partial charge in [0, 0.05) is 26.5 Å². The van der Waals surface area contributed by atoms with Crippen LogP contribution in [0, 0.1) is 0 Å². The molecule has 0 saturated carbocycles. The Hall–Kier alpha value is -1.82. The quantitative estimate of drug-likeness (QED) is 0.844. The van der Waals surface area contributed by atoms with E-state index in [1.54, 1.807) is 29.9 Å². The molecular formula is C13H18N2O4. The van der Waals surface area contributed by atoms with Crippen LogP contribution in [0.1, 0.15) is 29.8 Å². The molecule has 1 aliphatic rings. The van der Waals surface area contributed by atoms with Crippen LogP contribution < -0.4 is 5.32 Å². The minimum absolute atomic E-state index is 0.0769. The Morgan fingerprint density at radius 1 is 1.47 bits per heavy atom. The predicted octanol–water partition coefficient (Wildman–Crippen LogP) is 0.779. The standard InChI is InChI=1S/C13H18N2O4/c1-15-6-2-3-10(15)12(18)14-13(9-11(16)17)4-7-19-8-5-13/h2-3,6H,4-5,7-9H2,1H3,(H,14,18)(H,16,17). The van der Waals surface area contributed by atoms with Gasteiger partial charge in [-0.3, -0.25) is 9.59 Å². The first-order chi connectivity index (χ1) is 9.02. The lowest BCUT2D eigenvalue weighted by Crippen LogP contribution is -2.53. The molecular weight excluding hydrogens is 248 g/mol. The second-order valence-corrected chi connectivity index (χ2v) is 4.92. The number of aliphatic carboxylic acids is 1. The number of aryl methyl sites for hydroxylation is 1. The minimum atomic E-state index is -0.908. The second-order valence-electron chi connectivity index (χ2n) is 4.92. The van der Waals surface area contributed by atoms with Crippen LogP contribution in [0.3, 0.4) is 0 Å². The smallest absolute Gasteiger partial charge is 0.305 e. The van der Waals surface area contributed by atoms with Crippen LogP contribution in [0.15, 0.2) is 18.3 Å². The maximum atomic E-state index is 12.2. The number of aromatic nitrogens is 1. The van der Waals surface area contributed by atoms with E-state index in [1.807, 2.05) is 0 Å². The number of carboxylic acids is 1. The molecule has 1 saturated heterocycles. The van der Waals surface area contributed by atoms with Gasteiger partial charge in [0.2, 0.25) is 0 Å². The SMILES string of the molecule is Cn1cccc1C(=O)NC1(CC(=O)O)CCOCC1. The van der Waals surface area contributed by atoms with Crippen molar-refractivity contribution in [3.05, 3.63) is 24.0 Å². The van der Waals surface area contributed by atoms with E-state index in [1.165, 1.54) is 0 Å². The number of nitrogens with zero attached hydrogens (tertiary/aromatic N) is 1. The summed E-state index contributed by atoms with van der Waals surface area (Å²) in [6.07, 6.45) is 2.75. The summed E-state index contributed by atoms with van der Waals surface area (Å²) in [5, 5.41) is 11.9. The van der Waals surface area contributed by atoms with E-state index in [9.17, 15) is 9.59 Å². The Kier molecular flexibility index (Phi) is 3.90. The van der Waals surface area contributed by atoms with Crippen molar-refractivity contribution >= 4 is 11.9 Å². The van der Waals surface area contributed by atoms with Gasteiger partial charge in [0.25, 0.3) is 5.91 Å². The summed E-state index contributed by atoms with van der Waals surface area (Å²) >= 11 is 0. The zero-order valence-electron chi connectivity index (χ0n) is 10.9. The van der Waals surface area contributed by atoms with Crippen LogP contribution in [0.5, 0.6) is 0 Å². The average Bonchev–Trinajstić information content (AvgIpc) is 2.75. The van der Waals surface area contributed by atoms with E-state index in [2.05, 4.69) is 5.32 Å². The molecule has 6 nitrogen and oxygen atoms in total. The van der Waals surface area contributed by atoms with Crippen LogP contribution in [0.4, 0.5) is 0 Å². The van der Waals surface area contributed by atoms with Crippen molar-refractivity contribution in [2.24, 2.45) is 7.05 Å². The van der Waals surface area contributed by atoms with Crippen LogP contribution in [0.25, 0.3) is 0 Å². The maximum Gasteiger partial charge on any atom is 0.305 e. The summed E-state index contributed by atoms with van der Waals surface area (Å²) in [5.74, 6) is -1.15. The Morgan fingerprint density at radius 2 is 2.16 bits per heavy atom. The Morgan fingerprint density at radius 3 is 2.68 bits per heavy atom. The van der Waals surface area contributed by atoms with Crippen LogP contribution in [-0.2, 0) is 16.6 Å². The first-order valence-corrected chi connectivity index (χ1v) is 6.26. The number of carbonyl (C=O) groups excluding carboxylic acids is 1. The van der Waals surface area contributed by atoms with Gasteiger partial charge in [0.05, 0.1) is 12.0 Å². The summed E-state index contributed by atoms with van der Waals surface area (Å²) in [7, 11) is 1.78. The van der Waals surface area contributed by atoms with E-state index in [-0.39, 0.29) is 12.3 Å². The third-order valence-corrected chi connectivity index (χ3v) is 3.49. The molecule has 1 aromatic rings. The first-order valence-electron chi connectivity index (χ1n) is 6.26. The van der Waals surface area contributed by atoms with Gasteiger partial charge >= 0.3 is 5.97 Å². The number of nitrogens with one attached hydrogen (secondary N) is 1. The fourth-order valence-corrected chi connectivity index (χ4v) is 2.40. The second kappa shape index (κ2) is 5.44. The van der Waals surface area contributed by atoms with Crippen molar-refractivity contribution in [2.75, 3.05) is 13.2 Å². The molecule has 0 unspecified atom stereocenters. The van der Waals surface area contributed by atoms with Gasteiger partial charge in [0.15, 0.2) is 0 Å². The van der Waals surface area contributed by atoms with Crippen LogP contribution in [-0.4, -0.2) is 40.3 Å². The Labute approximate surface area is 111 Å². The fourth-order valence-electron chi connectivity index (χ4n) is 2.40. The zero-order chi connectivity index (χ0) is 13.9. The molecule has 2 rings (SSSR count). The summed E-state index contributed by atoms with van der Waals surface area (Å²) in [6.45, 7) is 0.946. The minimum Gasteiger partial charge on any atom is -0.481 e. The predicted molar refractivity (Wildman–Crippen MR) is 67.9 cm³/mol. The zero-order valence-corrected chi connectivity index (χ0v) is 10.9. The number of hydrogen-bond acceptors (Lipinski definition) is 3. The molecule has 0 atom stereocenters. The van der Waals surface area contributed by atoms with Gasteiger partial charge in [-0.25, -0.2) is 0 Å². The molecule has 1 aromatic heterocycles. The summed E-state index contributed by atoms with van der Waals surface area (Å²) in [4.78, 5) is 23.2. The van der Waals surface area contributed by atoms with Gasteiger partial charge in [-0.05, 0) is 25.0 Å². The molecule has 2 N–H and O–H groups in total. The summed E-state index contributed by atoms with van der Waals surface area (Å²) in [6, 6.07) is 3.49. The third-order valence-electron chi connectivity index (χ3n) is 3.49. The molecule has 0 aliphatic carbocycles. The molecule has 0 radical (unpaired) electrons. The lowest BCUT2D eigenvalue weighted by molar-refractivity contribution is -0.139. The van der Waals surface area contributed by atoms with Crippen molar-refractivity contribution in [2.45, 2.75) is 24.8 Å². The van der Waals surface area contributed by atoms with E-state index in [4.69, 9.17) is 9.84 Å². The highest BCUT2D eigenvalue weighted by Gasteiger charge is 2.36. The molecule has 1 amide bonds. The molecule has 1 fully saturated rings. The lowest BCUT2D eigenvalue weighted by atomic mass is 9.86. The number of rotatable bonds is 4. The average molecular weight is 266 g/mol. The largest absolute Gasteiger partial charge is 0.481 e. The summed E-state index contributed by atoms with van der Waals surface area (Å²) in [5.41, 5.74) is -0.179. The highest BCUT2D eigenvalue weighted by atomic mass is 16.5. The van der Waals surface area contributed by atoms with E-state index in [0.29, 0.717) is 31.7 Å². The highest BCUT2D eigenvalue weighted by Crippen LogP contribution is 2.25. The molecule has 0 aromatic carbocycles. The van der Waals surface area contributed by atoms with Gasteiger partial charge in [-0.1, -0.05) is 0 Å². The molecule has 2 heterocycles. The molecule has 19 heavy (non-hydrogen) atoms. The van der Waals surface area contributed by atoms with Crippen molar-refractivity contribution in [3.63, 3.8) is 0 Å². The van der Waals surface area contributed by atoms with Gasteiger partial charge in [-0.2, -0.15) is 0 Å². The first kappa shape index (κ1) is 13.6. The van der Waals surface area contributed by atoms with Crippen LogP contribution >= 0.6 is 0 Å². The molecule has 0 bridgehead atoms. The maximum absolute atomic E-state index is 12.2. The van der Waals surface area contributed by atoms with Crippen molar-refractivity contribution < 1.29 is 19.4 Å². The fraction of sp³-hybridized carbons (Fsp3) is 0.538. The van der Waals surface area contributed by atoms with Gasteiger partial charge < -0.3 is 19.7 Å². The normalized spacial score (nSPS) is 17.9. The van der Waals surface area contributed by atoms with E-state index >= 15 is 0 Å². The van der Waals surface area contributed by atoms with Gasteiger partial charge in [-0.15, -0.1) is 0 Å². The number of amides is 1. The third kappa shape index (κ3) is 3.14. The lowest BCUT2D eigenvalue weighted by Gasteiger charge is -2.36. The monoisotopic (exact) mass is 266 g/mol. The van der Waals surface area contributed by atoms with Crippen LogP contribution in [0.2, 0.25) is 0 Å². The topological polar surface area (TPSA) is 80.6 Å². The summed E-state index contributed by atoms with van der Waals surface area (Å²) < 4.78 is 6.96. The number of hydrogen-bond donors (Lipinski definition) is 2. The van der Waals surface area contributed by atoms with Crippen molar-refractivity contribution in [1.29, 1.82) is 0 Å². The number of carbonyl (C=O) groups is 2. The number of ether oxygens (including phenoxy) is 1.